The Hall–Kier alpha value is -1.02. The van der Waals surface area contributed by atoms with Gasteiger partial charge in [0.15, 0.2) is 0 Å². The van der Waals surface area contributed by atoms with Crippen molar-refractivity contribution in [1.29, 1.82) is 0 Å². The minimum Gasteiger partial charge on any atom is -0.497 e. The maximum atomic E-state index is 5.17. The highest BCUT2D eigenvalue weighted by Crippen LogP contribution is 2.25. The van der Waals surface area contributed by atoms with Crippen LogP contribution in [0.15, 0.2) is 24.3 Å². The Morgan fingerprint density at radius 1 is 1.24 bits per heavy atom. The number of hydrogen-bond acceptors (Lipinski definition) is 2. The molecule has 1 aliphatic carbocycles. The van der Waals surface area contributed by atoms with Crippen LogP contribution < -0.4 is 10.1 Å². The molecule has 1 fully saturated rings. The van der Waals surface area contributed by atoms with E-state index >= 15 is 0 Å². The Labute approximate surface area is 104 Å². The predicted octanol–water partition coefficient (Wildman–Crippen LogP) is 3.54. The first-order valence-electron chi connectivity index (χ1n) is 6.67. The lowest BCUT2D eigenvalue weighted by Gasteiger charge is -2.17. The van der Waals surface area contributed by atoms with Crippen molar-refractivity contribution in [2.75, 3.05) is 13.7 Å². The van der Waals surface area contributed by atoms with Gasteiger partial charge in [-0.25, -0.2) is 0 Å². The van der Waals surface area contributed by atoms with Gasteiger partial charge >= 0.3 is 0 Å². The molecule has 0 spiro atoms. The van der Waals surface area contributed by atoms with Gasteiger partial charge < -0.3 is 10.1 Å². The predicted molar refractivity (Wildman–Crippen MR) is 71.4 cm³/mol. The van der Waals surface area contributed by atoms with E-state index in [0.717, 1.165) is 18.2 Å². The van der Waals surface area contributed by atoms with Crippen LogP contribution in [-0.2, 0) is 0 Å². The van der Waals surface area contributed by atoms with Crippen LogP contribution in [0.1, 0.15) is 44.2 Å². The molecule has 1 aromatic rings. The molecule has 1 saturated carbocycles. The lowest BCUT2D eigenvalue weighted by molar-refractivity contribution is 0.414. The molecule has 0 saturated heterocycles. The van der Waals surface area contributed by atoms with Crippen molar-refractivity contribution >= 4 is 0 Å². The zero-order valence-electron chi connectivity index (χ0n) is 10.9. The van der Waals surface area contributed by atoms with E-state index in [1.54, 1.807) is 7.11 Å². The second kappa shape index (κ2) is 6.06. The van der Waals surface area contributed by atoms with Crippen LogP contribution in [0.25, 0.3) is 0 Å². The molecule has 2 nitrogen and oxygen atoms in total. The lowest BCUT2D eigenvalue weighted by atomic mass is 10.1. The summed E-state index contributed by atoms with van der Waals surface area (Å²) in [4.78, 5) is 0. The van der Waals surface area contributed by atoms with E-state index in [2.05, 4.69) is 24.4 Å². The Morgan fingerprint density at radius 2 is 1.88 bits per heavy atom. The van der Waals surface area contributed by atoms with Gasteiger partial charge in [0.25, 0.3) is 0 Å². The number of nitrogens with one attached hydrogen (secondary N) is 1. The van der Waals surface area contributed by atoms with Crippen LogP contribution in [0.5, 0.6) is 5.75 Å². The van der Waals surface area contributed by atoms with Crippen molar-refractivity contribution in [1.82, 2.24) is 5.32 Å². The molecule has 1 aromatic carbocycles. The summed E-state index contributed by atoms with van der Waals surface area (Å²) >= 11 is 0. The largest absolute Gasteiger partial charge is 0.497 e. The summed E-state index contributed by atoms with van der Waals surface area (Å²) in [5.41, 5.74) is 1.34. The van der Waals surface area contributed by atoms with Crippen LogP contribution in [0.4, 0.5) is 0 Å². The van der Waals surface area contributed by atoms with Gasteiger partial charge in [0.2, 0.25) is 0 Å². The Kier molecular flexibility index (Phi) is 4.43. The Morgan fingerprint density at radius 3 is 2.47 bits per heavy atom. The van der Waals surface area contributed by atoms with Crippen molar-refractivity contribution in [3.05, 3.63) is 29.8 Å². The van der Waals surface area contributed by atoms with Gasteiger partial charge in [-0.05, 0) is 49.9 Å². The molecule has 2 rings (SSSR count). The van der Waals surface area contributed by atoms with E-state index in [9.17, 15) is 0 Å². The molecule has 0 unspecified atom stereocenters. The number of hydrogen-bond donors (Lipinski definition) is 1. The number of benzene rings is 1. The second-order valence-electron chi connectivity index (χ2n) is 5.05. The smallest absolute Gasteiger partial charge is 0.118 e. The summed E-state index contributed by atoms with van der Waals surface area (Å²) < 4.78 is 5.17. The first-order valence-corrected chi connectivity index (χ1v) is 6.67. The van der Waals surface area contributed by atoms with Crippen molar-refractivity contribution < 1.29 is 4.74 Å². The highest BCUT2D eigenvalue weighted by Gasteiger charge is 2.15. The van der Waals surface area contributed by atoms with Crippen molar-refractivity contribution in [2.24, 2.45) is 5.92 Å². The summed E-state index contributed by atoms with van der Waals surface area (Å²) in [7, 11) is 1.71. The Balaban J connectivity index is 1.83. The zero-order chi connectivity index (χ0) is 12.1. The minimum atomic E-state index is 0.432. The van der Waals surface area contributed by atoms with Gasteiger partial charge in [-0.1, -0.05) is 25.0 Å². The molecule has 0 bridgehead atoms. The molecular weight excluding hydrogens is 210 g/mol. The maximum absolute atomic E-state index is 5.17. The van der Waals surface area contributed by atoms with E-state index in [-0.39, 0.29) is 0 Å². The van der Waals surface area contributed by atoms with E-state index in [4.69, 9.17) is 4.74 Å². The average molecular weight is 233 g/mol. The second-order valence-corrected chi connectivity index (χ2v) is 5.05. The summed E-state index contributed by atoms with van der Waals surface area (Å²) in [6, 6.07) is 8.78. The third-order valence-electron chi connectivity index (χ3n) is 3.80. The highest BCUT2D eigenvalue weighted by atomic mass is 16.5. The molecule has 1 N–H and O–H groups in total. The quantitative estimate of drug-likeness (QED) is 0.840. The third kappa shape index (κ3) is 3.47. The number of ether oxygens (including phenoxy) is 1. The summed E-state index contributed by atoms with van der Waals surface area (Å²) in [6.45, 7) is 3.39. The van der Waals surface area contributed by atoms with Crippen LogP contribution >= 0.6 is 0 Å². The van der Waals surface area contributed by atoms with E-state index < -0.39 is 0 Å². The molecular formula is C15H23NO. The van der Waals surface area contributed by atoms with Crippen LogP contribution in [-0.4, -0.2) is 13.7 Å². The van der Waals surface area contributed by atoms with Gasteiger partial charge in [-0.3, -0.25) is 0 Å². The molecule has 1 aliphatic rings. The topological polar surface area (TPSA) is 21.3 Å². The summed E-state index contributed by atoms with van der Waals surface area (Å²) in [5, 5.41) is 3.64. The van der Waals surface area contributed by atoms with E-state index in [1.807, 2.05) is 12.1 Å². The molecule has 94 valence electrons. The van der Waals surface area contributed by atoms with Crippen LogP contribution in [0.3, 0.4) is 0 Å². The molecule has 0 aliphatic heterocycles. The zero-order valence-corrected chi connectivity index (χ0v) is 10.9. The molecule has 1 atom stereocenters. The maximum Gasteiger partial charge on any atom is 0.118 e. The molecule has 0 amide bonds. The fraction of sp³-hybridized carbons (Fsp3) is 0.600. The van der Waals surface area contributed by atoms with Gasteiger partial charge in [0.05, 0.1) is 7.11 Å². The molecule has 0 aromatic heterocycles. The van der Waals surface area contributed by atoms with Crippen LogP contribution in [0, 0.1) is 5.92 Å². The van der Waals surface area contributed by atoms with Crippen molar-refractivity contribution in [2.45, 2.75) is 38.6 Å². The highest BCUT2D eigenvalue weighted by molar-refractivity contribution is 5.28. The number of rotatable bonds is 5. The van der Waals surface area contributed by atoms with Gasteiger partial charge in [0.1, 0.15) is 5.75 Å². The van der Waals surface area contributed by atoms with E-state index in [1.165, 1.54) is 31.2 Å². The minimum absolute atomic E-state index is 0.432. The fourth-order valence-electron chi connectivity index (χ4n) is 2.57. The molecule has 2 heteroatoms. The SMILES string of the molecule is COc1ccc([C@@H](C)NCC2CCCC2)cc1. The van der Waals surface area contributed by atoms with Gasteiger partial charge in [-0.2, -0.15) is 0 Å². The number of methoxy groups -OCH3 is 1. The van der Waals surface area contributed by atoms with Crippen molar-refractivity contribution in [3.8, 4) is 5.75 Å². The first-order chi connectivity index (χ1) is 8.29. The van der Waals surface area contributed by atoms with E-state index in [0.29, 0.717) is 6.04 Å². The lowest BCUT2D eigenvalue weighted by Crippen LogP contribution is -2.24. The third-order valence-corrected chi connectivity index (χ3v) is 3.80. The Bertz CT molecular complexity index is 327. The summed E-state index contributed by atoms with van der Waals surface area (Å²) in [6.07, 6.45) is 5.65. The standard InChI is InChI=1S/C15H23NO/c1-12(16-11-13-5-3-4-6-13)14-7-9-15(17-2)10-8-14/h7-10,12-13,16H,3-6,11H2,1-2H3/t12-/m1/s1. The molecule has 17 heavy (non-hydrogen) atoms. The first kappa shape index (κ1) is 12.4. The molecule has 0 radical (unpaired) electrons. The molecule has 0 heterocycles. The van der Waals surface area contributed by atoms with Crippen LogP contribution in [0.2, 0.25) is 0 Å². The van der Waals surface area contributed by atoms with Crippen molar-refractivity contribution in [3.63, 3.8) is 0 Å². The fourth-order valence-corrected chi connectivity index (χ4v) is 2.57. The average Bonchev–Trinajstić information content (AvgIpc) is 2.89. The normalized spacial score (nSPS) is 18.2. The monoisotopic (exact) mass is 233 g/mol. The summed E-state index contributed by atoms with van der Waals surface area (Å²) in [5.74, 6) is 1.83. The van der Waals surface area contributed by atoms with Gasteiger partial charge in [-0.15, -0.1) is 0 Å². The van der Waals surface area contributed by atoms with Gasteiger partial charge in [0, 0.05) is 6.04 Å².